The average molecular weight is 342 g/mol. The van der Waals surface area contributed by atoms with E-state index in [1.54, 1.807) is 18.3 Å². The largest absolute Gasteiger partial charge is 0.459 e. The fraction of sp³-hybridized carbons (Fsp3) is 0.278. The lowest BCUT2D eigenvalue weighted by Gasteiger charge is -2.02. The Labute approximate surface area is 144 Å². The third-order valence-corrected chi connectivity index (χ3v) is 4.67. The van der Waals surface area contributed by atoms with Crippen molar-refractivity contribution in [1.29, 1.82) is 0 Å². The maximum absolute atomic E-state index is 12.0. The van der Waals surface area contributed by atoms with Crippen molar-refractivity contribution in [3.8, 4) is 10.6 Å². The molecule has 0 bridgehead atoms. The molecule has 0 aliphatic heterocycles. The molecule has 6 heteroatoms. The van der Waals surface area contributed by atoms with E-state index in [2.05, 4.69) is 29.2 Å². The van der Waals surface area contributed by atoms with Crippen LogP contribution in [0.5, 0.6) is 0 Å². The van der Waals surface area contributed by atoms with E-state index in [4.69, 9.17) is 9.26 Å². The zero-order valence-corrected chi connectivity index (χ0v) is 14.6. The first-order chi connectivity index (χ1) is 11.5. The molecule has 0 saturated heterocycles. The second kappa shape index (κ2) is 6.97. The molecule has 0 fully saturated rings. The molecule has 0 aliphatic rings. The summed E-state index contributed by atoms with van der Waals surface area (Å²) in [7, 11) is 0. The third-order valence-electron chi connectivity index (χ3n) is 3.73. The second-order valence-electron chi connectivity index (χ2n) is 5.65. The van der Waals surface area contributed by atoms with Crippen LogP contribution in [0.2, 0.25) is 0 Å². The lowest BCUT2D eigenvalue weighted by molar-refractivity contribution is -0.144. The summed E-state index contributed by atoms with van der Waals surface area (Å²) in [6.45, 7) is 5.82. The summed E-state index contributed by atoms with van der Waals surface area (Å²) in [6.07, 6.45) is 0.163. The molecular weight excluding hydrogens is 324 g/mol. The van der Waals surface area contributed by atoms with E-state index in [1.165, 1.54) is 5.56 Å². The Hall–Kier alpha value is -2.47. The van der Waals surface area contributed by atoms with E-state index in [-0.39, 0.29) is 19.0 Å². The van der Waals surface area contributed by atoms with Gasteiger partial charge in [0, 0.05) is 16.5 Å². The van der Waals surface area contributed by atoms with Crippen molar-refractivity contribution in [2.45, 2.75) is 33.8 Å². The number of aromatic nitrogens is 2. The third kappa shape index (κ3) is 3.71. The van der Waals surface area contributed by atoms with E-state index in [0.29, 0.717) is 5.76 Å². The number of aryl methyl sites for hydroxylation is 3. The molecule has 5 nitrogen and oxygen atoms in total. The van der Waals surface area contributed by atoms with Crippen LogP contribution in [-0.4, -0.2) is 16.1 Å². The topological polar surface area (TPSA) is 65.2 Å². The first-order valence-corrected chi connectivity index (χ1v) is 8.49. The Kier molecular flexibility index (Phi) is 4.76. The van der Waals surface area contributed by atoms with Gasteiger partial charge in [-0.25, -0.2) is 4.98 Å². The number of carbonyl (C=O) groups excluding carboxylic acids is 1. The molecule has 3 aromatic rings. The standard InChI is InChI=1S/C18H18N2O3S/c1-11-4-6-14(7-5-11)18-19-15(10-24-18)9-22-17(21)8-16-12(2)20-23-13(16)3/h4-7,10H,8-9H2,1-3H3. The number of hydrogen-bond donors (Lipinski definition) is 0. The zero-order chi connectivity index (χ0) is 17.1. The summed E-state index contributed by atoms with van der Waals surface area (Å²) < 4.78 is 10.4. The quantitative estimate of drug-likeness (QED) is 0.656. The molecule has 3 rings (SSSR count). The van der Waals surface area contributed by atoms with Crippen molar-refractivity contribution in [3.05, 3.63) is 57.9 Å². The van der Waals surface area contributed by atoms with Gasteiger partial charge in [0.15, 0.2) is 0 Å². The van der Waals surface area contributed by atoms with Crippen LogP contribution in [0.15, 0.2) is 34.2 Å². The van der Waals surface area contributed by atoms with Crippen LogP contribution in [0.1, 0.15) is 28.3 Å². The minimum Gasteiger partial charge on any atom is -0.459 e. The Bertz CT molecular complexity index is 830. The summed E-state index contributed by atoms with van der Waals surface area (Å²) in [5.41, 5.74) is 4.55. The molecule has 0 unspecified atom stereocenters. The van der Waals surface area contributed by atoms with E-state index < -0.39 is 0 Å². The van der Waals surface area contributed by atoms with E-state index >= 15 is 0 Å². The first-order valence-electron chi connectivity index (χ1n) is 7.61. The molecule has 0 radical (unpaired) electrons. The van der Waals surface area contributed by atoms with Crippen LogP contribution >= 0.6 is 11.3 Å². The molecule has 2 heterocycles. The van der Waals surface area contributed by atoms with Gasteiger partial charge in [0.05, 0.1) is 17.8 Å². The number of ether oxygens (including phenoxy) is 1. The number of benzene rings is 1. The Morgan fingerprint density at radius 2 is 1.96 bits per heavy atom. The Morgan fingerprint density at radius 1 is 1.21 bits per heavy atom. The monoisotopic (exact) mass is 342 g/mol. The summed E-state index contributed by atoms with van der Waals surface area (Å²) in [6, 6.07) is 8.20. The van der Waals surface area contributed by atoms with Gasteiger partial charge in [0.25, 0.3) is 0 Å². The number of nitrogens with zero attached hydrogens (tertiary/aromatic N) is 2. The van der Waals surface area contributed by atoms with Crippen molar-refractivity contribution < 1.29 is 14.1 Å². The molecule has 0 spiro atoms. The van der Waals surface area contributed by atoms with Crippen LogP contribution in [0.25, 0.3) is 10.6 Å². The van der Waals surface area contributed by atoms with Crippen molar-refractivity contribution in [1.82, 2.24) is 10.1 Å². The fourth-order valence-corrected chi connectivity index (χ4v) is 3.12. The lowest BCUT2D eigenvalue weighted by Crippen LogP contribution is -2.09. The molecule has 0 aliphatic carbocycles. The van der Waals surface area contributed by atoms with Crippen LogP contribution in [-0.2, 0) is 22.6 Å². The maximum Gasteiger partial charge on any atom is 0.310 e. The molecule has 124 valence electrons. The maximum atomic E-state index is 12.0. The van der Waals surface area contributed by atoms with Crippen LogP contribution in [0, 0.1) is 20.8 Å². The molecule has 0 saturated carbocycles. The number of thiazole rings is 1. The average Bonchev–Trinajstić information content (AvgIpc) is 3.16. The van der Waals surface area contributed by atoms with E-state index in [1.807, 2.05) is 24.4 Å². The molecule has 0 atom stereocenters. The van der Waals surface area contributed by atoms with Crippen molar-refractivity contribution in [2.75, 3.05) is 0 Å². The van der Waals surface area contributed by atoms with Crippen molar-refractivity contribution in [2.24, 2.45) is 0 Å². The van der Waals surface area contributed by atoms with Gasteiger partial charge in [-0.05, 0) is 20.8 Å². The molecule has 2 aromatic heterocycles. The highest BCUT2D eigenvalue weighted by atomic mass is 32.1. The highest BCUT2D eigenvalue weighted by Crippen LogP contribution is 2.24. The highest BCUT2D eigenvalue weighted by Gasteiger charge is 2.15. The van der Waals surface area contributed by atoms with Crippen LogP contribution < -0.4 is 0 Å². The minimum absolute atomic E-state index is 0.163. The van der Waals surface area contributed by atoms with Crippen LogP contribution in [0.3, 0.4) is 0 Å². The van der Waals surface area contributed by atoms with Gasteiger partial charge in [0.2, 0.25) is 0 Å². The molecule has 0 N–H and O–H groups in total. The van der Waals surface area contributed by atoms with Gasteiger partial charge in [-0.1, -0.05) is 35.0 Å². The number of esters is 1. The SMILES string of the molecule is Cc1ccc(-c2nc(COC(=O)Cc3c(C)noc3C)cs2)cc1. The molecule has 0 amide bonds. The molecule has 24 heavy (non-hydrogen) atoms. The predicted molar refractivity (Wildman–Crippen MR) is 91.8 cm³/mol. The molecule has 1 aromatic carbocycles. The normalized spacial score (nSPS) is 10.8. The van der Waals surface area contributed by atoms with Gasteiger partial charge >= 0.3 is 5.97 Å². The fourth-order valence-electron chi connectivity index (χ4n) is 2.31. The molecular formula is C18H18N2O3S. The van der Waals surface area contributed by atoms with Gasteiger partial charge in [-0.15, -0.1) is 11.3 Å². The van der Waals surface area contributed by atoms with Gasteiger partial charge in [-0.3, -0.25) is 4.79 Å². The van der Waals surface area contributed by atoms with Gasteiger partial charge in [0.1, 0.15) is 17.4 Å². The van der Waals surface area contributed by atoms with Gasteiger partial charge in [-0.2, -0.15) is 0 Å². The van der Waals surface area contributed by atoms with Crippen molar-refractivity contribution in [3.63, 3.8) is 0 Å². The lowest BCUT2D eigenvalue weighted by atomic mass is 10.1. The minimum atomic E-state index is -0.311. The number of carbonyl (C=O) groups is 1. The van der Waals surface area contributed by atoms with E-state index in [9.17, 15) is 4.79 Å². The van der Waals surface area contributed by atoms with E-state index in [0.717, 1.165) is 27.5 Å². The Morgan fingerprint density at radius 3 is 2.62 bits per heavy atom. The predicted octanol–water partition coefficient (Wildman–Crippen LogP) is 4.01. The van der Waals surface area contributed by atoms with Crippen LogP contribution in [0.4, 0.5) is 0 Å². The smallest absolute Gasteiger partial charge is 0.310 e. The first kappa shape index (κ1) is 16.4. The van der Waals surface area contributed by atoms with Gasteiger partial charge < -0.3 is 9.26 Å². The van der Waals surface area contributed by atoms with Crippen molar-refractivity contribution >= 4 is 17.3 Å². The zero-order valence-electron chi connectivity index (χ0n) is 13.8. The number of rotatable bonds is 5. The number of hydrogen-bond acceptors (Lipinski definition) is 6. The summed E-state index contributed by atoms with van der Waals surface area (Å²) in [4.78, 5) is 16.5. The Balaban J connectivity index is 1.59. The summed E-state index contributed by atoms with van der Waals surface area (Å²) in [5, 5.41) is 6.68. The summed E-state index contributed by atoms with van der Waals surface area (Å²) >= 11 is 1.54. The highest BCUT2D eigenvalue weighted by molar-refractivity contribution is 7.13. The second-order valence-corrected chi connectivity index (χ2v) is 6.51. The summed E-state index contributed by atoms with van der Waals surface area (Å²) in [5.74, 6) is 0.342.